The molecule has 1 aromatic rings. The maximum Gasteiger partial charge on any atom is 0.331 e. The minimum atomic E-state index is -0.512. The molecule has 1 aromatic carbocycles. The average molecular weight is 332 g/mol. The zero-order chi connectivity index (χ0) is 18.0. The van der Waals surface area contributed by atoms with E-state index in [0.717, 1.165) is 36.9 Å². The zero-order valence-electron chi connectivity index (χ0n) is 15.1. The average Bonchev–Trinajstić information content (AvgIpc) is 2.53. The first-order valence-electron chi connectivity index (χ1n) is 8.35. The van der Waals surface area contributed by atoms with E-state index in [2.05, 4.69) is 6.92 Å². The van der Waals surface area contributed by atoms with Crippen molar-refractivity contribution in [2.24, 2.45) is 5.92 Å². The van der Waals surface area contributed by atoms with E-state index in [-0.39, 0.29) is 5.97 Å². The van der Waals surface area contributed by atoms with Crippen LogP contribution in [0, 0.1) is 5.92 Å². The van der Waals surface area contributed by atoms with Gasteiger partial charge in [-0.05, 0) is 56.4 Å². The smallest absolute Gasteiger partial charge is 0.331 e. The zero-order valence-corrected chi connectivity index (χ0v) is 15.1. The summed E-state index contributed by atoms with van der Waals surface area (Å²) in [5, 5.41) is 0. The van der Waals surface area contributed by atoms with E-state index in [1.807, 2.05) is 38.1 Å². The lowest BCUT2D eigenvalue weighted by Gasteiger charge is -2.25. The van der Waals surface area contributed by atoms with E-state index in [0.29, 0.717) is 12.3 Å². The molecule has 0 radical (unpaired) electrons. The number of hydrogen-bond acceptors (Lipinski definition) is 4. The van der Waals surface area contributed by atoms with Gasteiger partial charge < -0.3 is 14.3 Å². The highest BCUT2D eigenvalue weighted by molar-refractivity contribution is 5.87. The molecule has 0 spiro atoms. The Balaban J connectivity index is 2.43. The molecule has 0 saturated carbocycles. The van der Waals surface area contributed by atoms with E-state index in [1.54, 1.807) is 13.2 Å². The van der Waals surface area contributed by atoms with Gasteiger partial charge in [-0.3, -0.25) is 0 Å². The van der Waals surface area contributed by atoms with Crippen molar-refractivity contribution in [2.45, 2.75) is 52.1 Å². The van der Waals surface area contributed by atoms with Crippen LogP contribution < -0.4 is 4.74 Å². The summed E-state index contributed by atoms with van der Waals surface area (Å²) in [5.41, 5.74) is 0.399. The van der Waals surface area contributed by atoms with Crippen LogP contribution >= 0.6 is 0 Å². The number of carbonyl (C=O) groups is 2. The molecule has 4 nitrogen and oxygen atoms in total. The molecule has 0 aromatic heterocycles. The lowest BCUT2D eigenvalue weighted by Crippen LogP contribution is -2.27. The van der Waals surface area contributed by atoms with Crippen molar-refractivity contribution in [1.29, 1.82) is 0 Å². The number of rotatable bonds is 10. The highest BCUT2D eigenvalue weighted by Crippen LogP contribution is 2.21. The summed E-state index contributed by atoms with van der Waals surface area (Å²) < 4.78 is 10.6. The second kappa shape index (κ2) is 9.91. The monoisotopic (exact) mass is 332 g/mol. The maximum absolute atomic E-state index is 12.0. The summed E-state index contributed by atoms with van der Waals surface area (Å²) in [6, 6.07) is 7.44. The Morgan fingerprint density at radius 1 is 1.25 bits per heavy atom. The molecule has 0 N–H and O–H groups in total. The SMILES string of the molecule is COc1ccc(/C=C/C(=O)OC(C)(C)CCCC(C)CC=O)cc1. The quantitative estimate of drug-likeness (QED) is 0.361. The van der Waals surface area contributed by atoms with Gasteiger partial charge in [-0.25, -0.2) is 4.79 Å². The fourth-order valence-electron chi connectivity index (χ4n) is 2.40. The molecule has 1 atom stereocenters. The van der Waals surface area contributed by atoms with Crippen molar-refractivity contribution in [1.82, 2.24) is 0 Å². The van der Waals surface area contributed by atoms with Crippen LogP contribution in [0.2, 0.25) is 0 Å². The molecule has 0 heterocycles. The molecular formula is C20H28O4. The summed E-state index contributed by atoms with van der Waals surface area (Å²) in [6.45, 7) is 5.89. The summed E-state index contributed by atoms with van der Waals surface area (Å²) in [5.74, 6) is 0.806. The predicted molar refractivity (Wildman–Crippen MR) is 95.9 cm³/mol. The van der Waals surface area contributed by atoms with Gasteiger partial charge in [0.1, 0.15) is 17.6 Å². The fourth-order valence-corrected chi connectivity index (χ4v) is 2.40. The minimum absolute atomic E-state index is 0.350. The summed E-state index contributed by atoms with van der Waals surface area (Å²) in [6.07, 6.45) is 7.38. The Morgan fingerprint density at radius 2 is 1.92 bits per heavy atom. The lowest BCUT2D eigenvalue weighted by molar-refractivity contribution is -0.150. The van der Waals surface area contributed by atoms with Crippen molar-refractivity contribution in [3.05, 3.63) is 35.9 Å². The molecule has 1 unspecified atom stereocenters. The van der Waals surface area contributed by atoms with Crippen molar-refractivity contribution in [3.8, 4) is 5.75 Å². The third kappa shape index (κ3) is 7.95. The molecule has 0 bridgehead atoms. The first kappa shape index (κ1) is 19.9. The van der Waals surface area contributed by atoms with Crippen LogP contribution in [0.4, 0.5) is 0 Å². The standard InChI is InChI=1S/C20H28O4/c1-16(13-15-21)6-5-14-20(2,3)24-19(22)12-9-17-7-10-18(23-4)11-8-17/h7-12,15-16H,5-6,13-14H2,1-4H3/b12-9+. The van der Waals surface area contributed by atoms with Crippen molar-refractivity contribution in [2.75, 3.05) is 7.11 Å². The topological polar surface area (TPSA) is 52.6 Å². The number of carbonyl (C=O) groups excluding carboxylic acids is 2. The number of ether oxygens (including phenoxy) is 2. The second-order valence-corrected chi connectivity index (χ2v) is 6.69. The molecule has 24 heavy (non-hydrogen) atoms. The van der Waals surface area contributed by atoms with Gasteiger partial charge in [0.25, 0.3) is 0 Å². The molecule has 0 aliphatic carbocycles. The molecule has 0 amide bonds. The lowest BCUT2D eigenvalue weighted by atomic mass is 9.95. The van der Waals surface area contributed by atoms with Gasteiger partial charge in [0.05, 0.1) is 7.11 Å². The van der Waals surface area contributed by atoms with Crippen molar-refractivity contribution < 1.29 is 19.1 Å². The Kier molecular flexibility index (Phi) is 8.24. The van der Waals surface area contributed by atoms with Crippen LogP contribution in [-0.2, 0) is 14.3 Å². The van der Waals surface area contributed by atoms with E-state index in [1.165, 1.54) is 6.08 Å². The van der Waals surface area contributed by atoms with Crippen molar-refractivity contribution >= 4 is 18.3 Å². The van der Waals surface area contributed by atoms with E-state index < -0.39 is 5.60 Å². The van der Waals surface area contributed by atoms with Crippen LogP contribution in [0.15, 0.2) is 30.3 Å². The molecule has 132 valence electrons. The summed E-state index contributed by atoms with van der Waals surface area (Å²) in [4.78, 5) is 22.4. The Hall–Kier alpha value is -2.10. The maximum atomic E-state index is 12.0. The molecule has 4 heteroatoms. The molecule has 0 aliphatic rings. The van der Waals surface area contributed by atoms with Gasteiger partial charge in [-0.2, -0.15) is 0 Å². The van der Waals surface area contributed by atoms with Crippen LogP contribution in [-0.4, -0.2) is 25.0 Å². The van der Waals surface area contributed by atoms with E-state index >= 15 is 0 Å². The number of aldehydes is 1. The second-order valence-electron chi connectivity index (χ2n) is 6.69. The molecule has 0 aliphatic heterocycles. The minimum Gasteiger partial charge on any atom is -0.497 e. The molecular weight excluding hydrogens is 304 g/mol. The third-order valence-corrected chi connectivity index (χ3v) is 3.88. The molecule has 0 fully saturated rings. The van der Waals surface area contributed by atoms with Crippen molar-refractivity contribution in [3.63, 3.8) is 0 Å². The number of benzene rings is 1. The third-order valence-electron chi connectivity index (χ3n) is 3.88. The molecule has 1 rings (SSSR count). The number of esters is 1. The normalized spacial score (nSPS) is 12.8. The van der Waals surface area contributed by atoms with Crippen LogP contribution in [0.25, 0.3) is 6.08 Å². The van der Waals surface area contributed by atoms with Gasteiger partial charge in [-0.1, -0.05) is 25.5 Å². The van der Waals surface area contributed by atoms with Gasteiger partial charge >= 0.3 is 5.97 Å². The predicted octanol–water partition coefficient (Wildman–Crippen LogP) is 4.43. The highest BCUT2D eigenvalue weighted by Gasteiger charge is 2.21. The van der Waals surface area contributed by atoms with Crippen LogP contribution in [0.1, 0.15) is 52.0 Å². The van der Waals surface area contributed by atoms with Gasteiger partial charge in [0.15, 0.2) is 0 Å². The van der Waals surface area contributed by atoms with Crippen LogP contribution in [0.5, 0.6) is 5.75 Å². The molecule has 0 saturated heterocycles. The first-order chi connectivity index (χ1) is 11.4. The summed E-state index contributed by atoms with van der Waals surface area (Å²) in [7, 11) is 1.62. The first-order valence-corrected chi connectivity index (χ1v) is 8.35. The highest BCUT2D eigenvalue weighted by atomic mass is 16.6. The Bertz CT molecular complexity index is 543. The van der Waals surface area contributed by atoms with E-state index in [9.17, 15) is 9.59 Å². The van der Waals surface area contributed by atoms with Crippen LogP contribution in [0.3, 0.4) is 0 Å². The summed E-state index contributed by atoms with van der Waals surface area (Å²) >= 11 is 0. The fraction of sp³-hybridized carbons (Fsp3) is 0.500. The van der Waals surface area contributed by atoms with Gasteiger partial charge in [-0.15, -0.1) is 0 Å². The number of methoxy groups -OCH3 is 1. The van der Waals surface area contributed by atoms with E-state index in [4.69, 9.17) is 9.47 Å². The van der Waals surface area contributed by atoms with Gasteiger partial charge in [0.2, 0.25) is 0 Å². The Morgan fingerprint density at radius 3 is 2.50 bits per heavy atom. The Labute approximate surface area is 144 Å². The largest absolute Gasteiger partial charge is 0.497 e. The van der Waals surface area contributed by atoms with Gasteiger partial charge in [0, 0.05) is 12.5 Å². The number of hydrogen-bond donors (Lipinski definition) is 0.